The Kier molecular flexibility index (Phi) is 1.85. The third-order valence-electron chi connectivity index (χ3n) is 1.95. The molecule has 66 valence electrons. The Bertz CT molecular complexity index is 466. The number of hydrogen-bond acceptors (Lipinski definition) is 2. The maximum absolute atomic E-state index is 5.79. The minimum Gasteiger partial charge on any atom is -0.396 e. The molecule has 0 aliphatic carbocycles. The van der Waals surface area contributed by atoms with Crippen LogP contribution in [-0.4, -0.2) is 4.98 Å². The second-order valence-corrected chi connectivity index (χ2v) is 3.42. The SMILES string of the molecule is Cc1ccc2nc(Cl)c(N)cc2c1. The molecule has 0 radical (unpaired) electrons. The summed E-state index contributed by atoms with van der Waals surface area (Å²) in [6.45, 7) is 2.03. The monoisotopic (exact) mass is 192 g/mol. The number of nitrogen functional groups attached to an aromatic ring is 1. The van der Waals surface area contributed by atoms with Crippen molar-refractivity contribution in [1.29, 1.82) is 0 Å². The van der Waals surface area contributed by atoms with E-state index in [-0.39, 0.29) is 0 Å². The number of halogens is 1. The normalized spacial score (nSPS) is 10.6. The number of aromatic nitrogens is 1. The lowest BCUT2D eigenvalue weighted by molar-refractivity contribution is 1.39. The van der Waals surface area contributed by atoms with Crippen molar-refractivity contribution < 1.29 is 0 Å². The van der Waals surface area contributed by atoms with Gasteiger partial charge in [0.15, 0.2) is 5.15 Å². The van der Waals surface area contributed by atoms with Gasteiger partial charge in [0, 0.05) is 5.39 Å². The zero-order valence-electron chi connectivity index (χ0n) is 7.21. The summed E-state index contributed by atoms with van der Waals surface area (Å²) in [5.41, 5.74) is 8.24. The van der Waals surface area contributed by atoms with Crippen LogP contribution in [0.3, 0.4) is 0 Å². The van der Waals surface area contributed by atoms with Gasteiger partial charge in [-0.05, 0) is 25.1 Å². The van der Waals surface area contributed by atoms with E-state index < -0.39 is 0 Å². The molecule has 13 heavy (non-hydrogen) atoms. The van der Waals surface area contributed by atoms with E-state index >= 15 is 0 Å². The zero-order chi connectivity index (χ0) is 9.42. The fraction of sp³-hybridized carbons (Fsp3) is 0.100. The van der Waals surface area contributed by atoms with Gasteiger partial charge < -0.3 is 5.73 Å². The Hall–Kier alpha value is -1.28. The molecule has 0 bridgehead atoms. The molecule has 3 heteroatoms. The average Bonchev–Trinajstić information content (AvgIpc) is 2.08. The first-order chi connectivity index (χ1) is 6.16. The maximum Gasteiger partial charge on any atom is 0.152 e. The molecule has 2 N–H and O–H groups in total. The van der Waals surface area contributed by atoms with Crippen LogP contribution in [0.1, 0.15) is 5.56 Å². The number of nitrogens with zero attached hydrogens (tertiary/aromatic N) is 1. The van der Waals surface area contributed by atoms with E-state index in [2.05, 4.69) is 4.98 Å². The third kappa shape index (κ3) is 1.45. The number of pyridine rings is 1. The zero-order valence-corrected chi connectivity index (χ0v) is 7.97. The molecule has 0 spiro atoms. The molecule has 0 atom stereocenters. The highest BCUT2D eigenvalue weighted by Gasteiger charge is 2.00. The van der Waals surface area contributed by atoms with Crippen LogP contribution in [0.25, 0.3) is 10.9 Å². The molecule has 0 aliphatic rings. The Morgan fingerprint density at radius 1 is 1.31 bits per heavy atom. The molecule has 2 rings (SSSR count). The Labute approximate surface area is 81.3 Å². The number of fused-ring (bicyclic) bond motifs is 1. The molecule has 0 saturated carbocycles. The van der Waals surface area contributed by atoms with E-state index in [9.17, 15) is 0 Å². The molecule has 0 saturated heterocycles. The minimum atomic E-state index is 0.372. The summed E-state index contributed by atoms with van der Waals surface area (Å²) in [7, 11) is 0. The highest BCUT2D eigenvalue weighted by Crippen LogP contribution is 2.22. The number of hydrogen-bond donors (Lipinski definition) is 1. The van der Waals surface area contributed by atoms with Crippen molar-refractivity contribution in [2.24, 2.45) is 0 Å². The van der Waals surface area contributed by atoms with Gasteiger partial charge in [0.05, 0.1) is 11.2 Å². The molecule has 0 amide bonds. The minimum absolute atomic E-state index is 0.372. The fourth-order valence-corrected chi connectivity index (χ4v) is 1.43. The summed E-state index contributed by atoms with van der Waals surface area (Å²) in [5, 5.41) is 1.40. The van der Waals surface area contributed by atoms with Crippen LogP contribution in [0.2, 0.25) is 5.15 Å². The predicted octanol–water partition coefficient (Wildman–Crippen LogP) is 2.78. The molecule has 1 heterocycles. The van der Waals surface area contributed by atoms with Crippen LogP contribution in [0.15, 0.2) is 24.3 Å². The number of aryl methyl sites for hydroxylation is 1. The summed E-state index contributed by atoms with van der Waals surface area (Å²) in [4.78, 5) is 4.16. The largest absolute Gasteiger partial charge is 0.396 e. The first-order valence-electron chi connectivity index (χ1n) is 3.99. The van der Waals surface area contributed by atoms with Crippen LogP contribution in [0, 0.1) is 6.92 Å². The van der Waals surface area contributed by atoms with Crippen molar-refractivity contribution in [3.05, 3.63) is 35.0 Å². The lowest BCUT2D eigenvalue weighted by Gasteiger charge is -2.01. The molecule has 0 unspecified atom stereocenters. The lowest BCUT2D eigenvalue weighted by Crippen LogP contribution is -1.90. The average molecular weight is 193 g/mol. The van der Waals surface area contributed by atoms with Gasteiger partial charge in [-0.25, -0.2) is 4.98 Å². The smallest absolute Gasteiger partial charge is 0.152 e. The summed E-state index contributed by atoms with van der Waals surface area (Å²) >= 11 is 5.79. The summed E-state index contributed by atoms with van der Waals surface area (Å²) in [6, 6.07) is 7.82. The fourth-order valence-electron chi connectivity index (χ4n) is 1.29. The Balaban J connectivity index is 2.81. The molecular formula is C10H9ClN2. The second kappa shape index (κ2) is 2.89. The van der Waals surface area contributed by atoms with Crippen LogP contribution in [0.5, 0.6) is 0 Å². The summed E-state index contributed by atoms with van der Waals surface area (Å²) in [5.74, 6) is 0. The first kappa shape index (κ1) is 8.32. The standard InChI is InChI=1S/C10H9ClN2/c1-6-2-3-9-7(4-6)5-8(12)10(11)13-9/h2-5H,12H2,1H3. The highest BCUT2D eigenvalue weighted by molar-refractivity contribution is 6.32. The number of rotatable bonds is 0. The van der Waals surface area contributed by atoms with Crippen LogP contribution in [-0.2, 0) is 0 Å². The van der Waals surface area contributed by atoms with Gasteiger partial charge in [0.2, 0.25) is 0 Å². The number of benzene rings is 1. The molecule has 2 aromatic rings. The first-order valence-corrected chi connectivity index (χ1v) is 4.37. The lowest BCUT2D eigenvalue weighted by atomic mass is 10.1. The Morgan fingerprint density at radius 3 is 2.85 bits per heavy atom. The van der Waals surface area contributed by atoms with Crippen molar-refractivity contribution >= 4 is 28.2 Å². The Morgan fingerprint density at radius 2 is 2.08 bits per heavy atom. The quantitative estimate of drug-likeness (QED) is 0.652. The number of anilines is 1. The molecule has 1 aromatic heterocycles. The van der Waals surface area contributed by atoms with Crippen molar-refractivity contribution in [3.8, 4) is 0 Å². The van der Waals surface area contributed by atoms with Gasteiger partial charge in [0.1, 0.15) is 0 Å². The highest BCUT2D eigenvalue weighted by atomic mass is 35.5. The van der Waals surface area contributed by atoms with Crippen molar-refractivity contribution in [2.75, 3.05) is 5.73 Å². The van der Waals surface area contributed by atoms with Gasteiger partial charge in [0.25, 0.3) is 0 Å². The van der Waals surface area contributed by atoms with E-state index in [4.69, 9.17) is 17.3 Å². The molecule has 2 nitrogen and oxygen atoms in total. The third-order valence-corrected chi connectivity index (χ3v) is 2.25. The van der Waals surface area contributed by atoms with Gasteiger partial charge in [-0.15, -0.1) is 0 Å². The number of nitrogens with two attached hydrogens (primary N) is 1. The van der Waals surface area contributed by atoms with Crippen LogP contribution in [0.4, 0.5) is 5.69 Å². The summed E-state index contributed by atoms with van der Waals surface area (Å²) < 4.78 is 0. The van der Waals surface area contributed by atoms with Crippen LogP contribution >= 0.6 is 11.6 Å². The van der Waals surface area contributed by atoms with Crippen molar-refractivity contribution in [2.45, 2.75) is 6.92 Å². The molecule has 1 aromatic carbocycles. The van der Waals surface area contributed by atoms with Gasteiger partial charge >= 0.3 is 0 Å². The molecule has 0 fully saturated rings. The van der Waals surface area contributed by atoms with Gasteiger partial charge in [-0.2, -0.15) is 0 Å². The van der Waals surface area contributed by atoms with E-state index in [0.29, 0.717) is 10.8 Å². The van der Waals surface area contributed by atoms with E-state index in [1.807, 2.05) is 31.2 Å². The second-order valence-electron chi connectivity index (χ2n) is 3.06. The van der Waals surface area contributed by atoms with Gasteiger partial charge in [-0.1, -0.05) is 23.2 Å². The van der Waals surface area contributed by atoms with E-state index in [1.54, 1.807) is 0 Å². The predicted molar refractivity (Wildman–Crippen MR) is 55.9 cm³/mol. The van der Waals surface area contributed by atoms with Crippen molar-refractivity contribution in [1.82, 2.24) is 4.98 Å². The van der Waals surface area contributed by atoms with Crippen LogP contribution < -0.4 is 5.73 Å². The van der Waals surface area contributed by atoms with E-state index in [1.165, 1.54) is 5.56 Å². The molecular weight excluding hydrogens is 184 g/mol. The van der Waals surface area contributed by atoms with Gasteiger partial charge in [-0.3, -0.25) is 0 Å². The maximum atomic E-state index is 5.79. The topological polar surface area (TPSA) is 38.9 Å². The van der Waals surface area contributed by atoms with Crippen molar-refractivity contribution in [3.63, 3.8) is 0 Å². The van der Waals surface area contributed by atoms with E-state index in [0.717, 1.165) is 10.9 Å². The summed E-state index contributed by atoms with van der Waals surface area (Å²) in [6.07, 6.45) is 0. The molecule has 0 aliphatic heterocycles.